The fraction of sp³-hybridized carbons (Fsp3) is 0.500. The average Bonchev–Trinajstić information content (AvgIpc) is 2.07. The second kappa shape index (κ2) is 3.74. The smallest absolute Gasteiger partial charge is 0.297 e. The van der Waals surface area contributed by atoms with Gasteiger partial charge in [-0.3, -0.25) is 9.36 Å². The Bertz CT molecular complexity index is 388. The van der Waals surface area contributed by atoms with Crippen LogP contribution in [0.1, 0.15) is 20.8 Å². The number of carbonyl (C=O) groups excluding carboxylic acids is 1. The molecular weight excluding hydrogens is 180 g/mol. The van der Waals surface area contributed by atoms with Crippen LogP contribution in [-0.2, 0) is 11.3 Å². The van der Waals surface area contributed by atoms with Gasteiger partial charge in [0.15, 0.2) is 5.78 Å². The van der Waals surface area contributed by atoms with Gasteiger partial charge in [0, 0.05) is 17.8 Å². The minimum absolute atomic E-state index is 0.0209. The predicted octanol–water partition coefficient (Wildman–Crippen LogP) is 0.858. The predicted molar refractivity (Wildman–Crippen MR) is 53.0 cm³/mol. The minimum atomic E-state index is -0.421. The van der Waals surface area contributed by atoms with Crippen molar-refractivity contribution >= 4 is 5.78 Å². The quantitative estimate of drug-likeness (QED) is 0.701. The van der Waals surface area contributed by atoms with Crippen LogP contribution in [0.25, 0.3) is 0 Å². The molecule has 0 aliphatic heterocycles. The van der Waals surface area contributed by atoms with Crippen molar-refractivity contribution in [1.29, 1.82) is 0 Å². The SMILES string of the molecule is CC(C)(C)C(=O)Cn1cccnc1=O. The lowest BCUT2D eigenvalue weighted by Crippen LogP contribution is -2.31. The lowest BCUT2D eigenvalue weighted by Gasteiger charge is -2.16. The zero-order valence-electron chi connectivity index (χ0n) is 8.65. The molecule has 0 fully saturated rings. The average molecular weight is 194 g/mol. The van der Waals surface area contributed by atoms with Crippen LogP contribution < -0.4 is 5.69 Å². The number of nitrogens with zero attached hydrogens (tertiary/aromatic N) is 2. The third-order valence-electron chi connectivity index (χ3n) is 1.93. The third kappa shape index (κ3) is 2.52. The first kappa shape index (κ1) is 10.6. The minimum Gasteiger partial charge on any atom is -0.297 e. The lowest BCUT2D eigenvalue weighted by molar-refractivity contribution is -0.126. The Morgan fingerprint density at radius 1 is 1.50 bits per heavy atom. The fourth-order valence-electron chi connectivity index (χ4n) is 0.899. The summed E-state index contributed by atoms with van der Waals surface area (Å²) in [5.74, 6) is 0.0209. The summed E-state index contributed by atoms with van der Waals surface area (Å²) in [5, 5.41) is 0. The van der Waals surface area contributed by atoms with Gasteiger partial charge in [-0.2, -0.15) is 0 Å². The van der Waals surface area contributed by atoms with Crippen LogP contribution in [0.4, 0.5) is 0 Å². The van der Waals surface area contributed by atoms with Gasteiger partial charge in [0.1, 0.15) is 0 Å². The molecule has 0 spiro atoms. The molecule has 0 aliphatic carbocycles. The fourth-order valence-corrected chi connectivity index (χ4v) is 0.899. The largest absolute Gasteiger partial charge is 0.347 e. The van der Waals surface area contributed by atoms with Crippen molar-refractivity contribution in [2.75, 3.05) is 0 Å². The summed E-state index contributed by atoms with van der Waals surface area (Å²) in [4.78, 5) is 26.3. The first-order valence-electron chi connectivity index (χ1n) is 4.46. The van der Waals surface area contributed by atoms with Crippen LogP contribution in [-0.4, -0.2) is 15.3 Å². The molecule has 0 unspecified atom stereocenters. The molecule has 0 saturated heterocycles. The van der Waals surface area contributed by atoms with E-state index in [1.165, 1.54) is 10.8 Å². The van der Waals surface area contributed by atoms with Gasteiger partial charge in [0.2, 0.25) is 0 Å². The highest BCUT2D eigenvalue weighted by Gasteiger charge is 2.21. The van der Waals surface area contributed by atoms with Gasteiger partial charge in [-0.15, -0.1) is 0 Å². The summed E-state index contributed by atoms with van der Waals surface area (Å²) >= 11 is 0. The van der Waals surface area contributed by atoms with E-state index >= 15 is 0 Å². The Morgan fingerprint density at radius 3 is 2.64 bits per heavy atom. The number of rotatable bonds is 2. The molecule has 0 aliphatic rings. The van der Waals surface area contributed by atoms with Gasteiger partial charge in [-0.1, -0.05) is 20.8 Å². The van der Waals surface area contributed by atoms with Gasteiger partial charge in [-0.05, 0) is 6.07 Å². The van der Waals surface area contributed by atoms with Crippen molar-refractivity contribution in [2.45, 2.75) is 27.3 Å². The number of ketones is 1. The van der Waals surface area contributed by atoms with E-state index in [4.69, 9.17) is 0 Å². The molecule has 76 valence electrons. The number of hydrogen-bond donors (Lipinski definition) is 0. The zero-order valence-corrected chi connectivity index (χ0v) is 8.65. The van der Waals surface area contributed by atoms with E-state index in [2.05, 4.69) is 4.98 Å². The number of aromatic nitrogens is 2. The van der Waals surface area contributed by atoms with Crippen LogP contribution >= 0.6 is 0 Å². The Labute approximate surface area is 82.6 Å². The summed E-state index contributed by atoms with van der Waals surface area (Å²) < 4.78 is 1.31. The van der Waals surface area contributed by atoms with E-state index in [-0.39, 0.29) is 18.0 Å². The monoisotopic (exact) mass is 194 g/mol. The van der Waals surface area contributed by atoms with Crippen molar-refractivity contribution in [1.82, 2.24) is 9.55 Å². The molecule has 1 heterocycles. The maximum Gasteiger partial charge on any atom is 0.347 e. The standard InChI is InChI=1S/C10H14N2O2/c1-10(2,3)8(13)7-12-6-4-5-11-9(12)14/h4-6H,7H2,1-3H3. The first-order chi connectivity index (χ1) is 6.41. The molecule has 14 heavy (non-hydrogen) atoms. The van der Waals surface area contributed by atoms with E-state index in [0.29, 0.717) is 0 Å². The Morgan fingerprint density at radius 2 is 2.14 bits per heavy atom. The first-order valence-corrected chi connectivity index (χ1v) is 4.46. The Hall–Kier alpha value is -1.45. The Kier molecular flexibility index (Phi) is 2.84. The van der Waals surface area contributed by atoms with Crippen molar-refractivity contribution < 1.29 is 4.79 Å². The van der Waals surface area contributed by atoms with Crippen LogP contribution in [0.3, 0.4) is 0 Å². The second-order valence-corrected chi connectivity index (χ2v) is 4.20. The topological polar surface area (TPSA) is 52.0 Å². The van der Waals surface area contributed by atoms with Gasteiger partial charge >= 0.3 is 5.69 Å². The Balaban J connectivity index is 2.86. The van der Waals surface area contributed by atoms with Crippen molar-refractivity contribution in [3.8, 4) is 0 Å². The molecule has 4 nitrogen and oxygen atoms in total. The molecule has 0 radical (unpaired) electrons. The molecule has 0 amide bonds. The maximum absolute atomic E-state index is 11.6. The molecule has 0 bridgehead atoms. The van der Waals surface area contributed by atoms with Crippen LogP contribution in [0.5, 0.6) is 0 Å². The normalized spacial score (nSPS) is 11.4. The van der Waals surface area contributed by atoms with Gasteiger partial charge in [0.25, 0.3) is 0 Å². The summed E-state index contributed by atoms with van der Waals surface area (Å²) in [6.07, 6.45) is 2.99. The lowest BCUT2D eigenvalue weighted by atomic mass is 9.91. The van der Waals surface area contributed by atoms with Crippen LogP contribution in [0, 0.1) is 5.41 Å². The highest BCUT2D eigenvalue weighted by atomic mass is 16.2. The van der Waals surface area contributed by atoms with E-state index < -0.39 is 5.41 Å². The highest BCUT2D eigenvalue weighted by Crippen LogP contribution is 2.14. The van der Waals surface area contributed by atoms with Gasteiger partial charge < -0.3 is 0 Å². The molecule has 1 aromatic heterocycles. The molecule has 0 saturated carbocycles. The zero-order chi connectivity index (χ0) is 10.8. The summed E-state index contributed by atoms with van der Waals surface area (Å²) in [5.41, 5.74) is -0.806. The second-order valence-electron chi connectivity index (χ2n) is 4.20. The highest BCUT2D eigenvalue weighted by molar-refractivity contribution is 5.83. The van der Waals surface area contributed by atoms with Crippen molar-refractivity contribution in [3.63, 3.8) is 0 Å². The van der Waals surface area contributed by atoms with Crippen LogP contribution in [0.2, 0.25) is 0 Å². The molecule has 0 N–H and O–H groups in total. The van der Waals surface area contributed by atoms with E-state index in [1.54, 1.807) is 12.3 Å². The van der Waals surface area contributed by atoms with Gasteiger partial charge in [-0.25, -0.2) is 9.78 Å². The molecular formula is C10H14N2O2. The summed E-state index contributed by atoms with van der Waals surface area (Å²) in [6, 6.07) is 1.64. The number of Topliss-reactive ketones (excluding diaryl/α,β-unsaturated/α-hetero) is 1. The van der Waals surface area contributed by atoms with Crippen molar-refractivity contribution in [3.05, 3.63) is 28.9 Å². The summed E-state index contributed by atoms with van der Waals surface area (Å²) in [7, 11) is 0. The molecule has 1 aromatic rings. The molecule has 1 rings (SSSR count). The number of carbonyl (C=O) groups is 1. The maximum atomic E-state index is 11.6. The van der Waals surface area contributed by atoms with Crippen molar-refractivity contribution in [2.24, 2.45) is 5.41 Å². The number of hydrogen-bond acceptors (Lipinski definition) is 3. The molecule has 4 heteroatoms. The third-order valence-corrected chi connectivity index (χ3v) is 1.93. The van der Waals surface area contributed by atoms with E-state index in [9.17, 15) is 9.59 Å². The van der Waals surface area contributed by atoms with E-state index in [1.807, 2.05) is 20.8 Å². The van der Waals surface area contributed by atoms with Crippen LogP contribution in [0.15, 0.2) is 23.3 Å². The molecule has 0 aromatic carbocycles. The van der Waals surface area contributed by atoms with E-state index in [0.717, 1.165) is 0 Å². The summed E-state index contributed by atoms with van der Waals surface area (Å²) in [6.45, 7) is 5.58. The molecule has 0 atom stereocenters. The van der Waals surface area contributed by atoms with Gasteiger partial charge in [0.05, 0.1) is 6.54 Å².